The first kappa shape index (κ1) is 10.7. The Labute approximate surface area is 104 Å². The molecular weight excluding hydrogens is 226 g/mol. The fourth-order valence-electron chi connectivity index (χ4n) is 1.85. The predicted octanol–water partition coefficient (Wildman–Crippen LogP) is 1.98. The van der Waals surface area contributed by atoms with E-state index in [4.69, 9.17) is 0 Å². The van der Waals surface area contributed by atoms with Crippen LogP contribution in [-0.2, 0) is 13.6 Å². The van der Waals surface area contributed by atoms with Gasteiger partial charge in [0.05, 0.1) is 12.1 Å². The van der Waals surface area contributed by atoms with Gasteiger partial charge in [0, 0.05) is 30.5 Å². The fraction of sp³-hybridized carbons (Fsp3) is 0.154. The summed E-state index contributed by atoms with van der Waals surface area (Å²) < 4.78 is 1.70. The van der Waals surface area contributed by atoms with Crippen LogP contribution in [0.15, 0.2) is 42.7 Å². The largest absolute Gasteiger partial charge is 0.379 e. The van der Waals surface area contributed by atoms with E-state index in [1.807, 2.05) is 31.4 Å². The van der Waals surface area contributed by atoms with Crippen molar-refractivity contribution in [1.29, 1.82) is 0 Å². The molecule has 0 radical (unpaired) electrons. The smallest absolute Gasteiger partial charge is 0.102 e. The zero-order chi connectivity index (χ0) is 12.4. The van der Waals surface area contributed by atoms with Gasteiger partial charge in [-0.05, 0) is 24.3 Å². The first-order chi connectivity index (χ1) is 8.81. The Bertz CT molecular complexity index is 674. The van der Waals surface area contributed by atoms with Crippen molar-refractivity contribution in [3.63, 3.8) is 0 Å². The summed E-state index contributed by atoms with van der Waals surface area (Å²) in [6.07, 6.45) is 3.70. The normalized spacial score (nSPS) is 10.7. The van der Waals surface area contributed by atoms with E-state index in [-0.39, 0.29) is 0 Å². The molecule has 5 heteroatoms. The van der Waals surface area contributed by atoms with E-state index < -0.39 is 0 Å². The molecule has 0 bridgehead atoms. The minimum Gasteiger partial charge on any atom is -0.379 e. The average molecular weight is 239 g/mol. The minimum absolute atomic E-state index is 0.666. The molecule has 5 nitrogen and oxygen atoms in total. The lowest BCUT2D eigenvalue weighted by molar-refractivity contribution is 0.713. The minimum atomic E-state index is 0.666. The summed E-state index contributed by atoms with van der Waals surface area (Å²) in [6.45, 7) is 0.666. The Balaban J connectivity index is 1.78. The maximum absolute atomic E-state index is 4.29. The molecule has 3 rings (SSSR count). The quantitative estimate of drug-likeness (QED) is 0.759. The molecule has 0 saturated heterocycles. The molecule has 90 valence electrons. The number of hydrogen-bond acceptors (Lipinski definition) is 4. The van der Waals surface area contributed by atoms with Crippen LogP contribution in [0.25, 0.3) is 10.9 Å². The molecule has 0 saturated carbocycles. The monoisotopic (exact) mass is 239 g/mol. The van der Waals surface area contributed by atoms with Gasteiger partial charge in [-0.25, -0.2) is 0 Å². The summed E-state index contributed by atoms with van der Waals surface area (Å²) in [5.74, 6) is 0. The van der Waals surface area contributed by atoms with Gasteiger partial charge < -0.3 is 5.32 Å². The second kappa shape index (κ2) is 4.44. The molecule has 0 atom stereocenters. The van der Waals surface area contributed by atoms with E-state index in [0.29, 0.717) is 6.54 Å². The Morgan fingerprint density at radius 3 is 3.06 bits per heavy atom. The van der Waals surface area contributed by atoms with Crippen LogP contribution in [0.3, 0.4) is 0 Å². The van der Waals surface area contributed by atoms with Gasteiger partial charge in [-0.1, -0.05) is 11.3 Å². The molecule has 0 amide bonds. The summed E-state index contributed by atoms with van der Waals surface area (Å²) in [6, 6.07) is 10.1. The van der Waals surface area contributed by atoms with Crippen molar-refractivity contribution in [2.45, 2.75) is 6.54 Å². The first-order valence-electron chi connectivity index (χ1n) is 5.75. The van der Waals surface area contributed by atoms with Crippen LogP contribution >= 0.6 is 0 Å². The van der Waals surface area contributed by atoms with Crippen molar-refractivity contribution >= 4 is 16.6 Å². The van der Waals surface area contributed by atoms with Gasteiger partial charge in [0.1, 0.15) is 5.69 Å². The molecule has 0 aliphatic heterocycles. The Kier molecular flexibility index (Phi) is 2.64. The molecule has 1 N–H and O–H groups in total. The van der Waals surface area contributed by atoms with Crippen molar-refractivity contribution in [3.8, 4) is 0 Å². The number of fused-ring (bicyclic) bond motifs is 1. The molecule has 0 fully saturated rings. The van der Waals surface area contributed by atoms with Crippen LogP contribution < -0.4 is 5.32 Å². The van der Waals surface area contributed by atoms with Crippen LogP contribution in [0.1, 0.15) is 5.69 Å². The number of aryl methyl sites for hydroxylation is 1. The van der Waals surface area contributed by atoms with E-state index in [1.165, 1.54) is 0 Å². The van der Waals surface area contributed by atoms with Gasteiger partial charge >= 0.3 is 0 Å². The highest BCUT2D eigenvalue weighted by Gasteiger charge is 1.99. The van der Waals surface area contributed by atoms with Gasteiger partial charge in [0.25, 0.3) is 0 Å². The third kappa shape index (κ3) is 2.15. The van der Waals surface area contributed by atoms with E-state index in [1.54, 1.807) is 10.9 Å². The topological polar surface area (TPSA) is 55.6 Å². The van der Waals surface area contributed by atoms with Gasteiger partial charge in [0.2, 0.25) is 0 Å². The molecule has 0 unspecified atom stereocenters. The van der Waals surface area contributed by atoms with Gasteiger partial charge in [-0.3, -0.25) is 9.67 Å². The lowest BCUT2D eigenvalue weighted by Gasteiger charge is -2.05. The summed E-state index contributed by atoms with van der Waals surface area (Å²) in [5.41, 5.74) is 2.98. The van der Waals surface area contributed by atoms with Crippen LogP contribution in [0, 0.1) is 0 Å². The Morgan fingerprint density at radius 1 is 1.28 bits per heavy atom. The van der Waals surface area contributed by atoms with E-state index in [0.717, 1.165) is 22.3 Å². The highest BCUT2D eigenvalue weighted by atomic mass is 15.4. The highest BCUT2D eigenvalue weighted by molar-refractivity contribution is 5.82. The molecule has 3 aromatic rings. The van der Waals surface area contributed by atoms with Crippen LogP contribution in [-0.4, -0.2) is 20.0 Å². The standard InChI is InChI=1S/C13H13N5/c1-18-9-12(16-17-18)8-15-11-4-5-13-10(7-11)3-2-6-14-13/h2-7,9,15H,8H2,1H3. The van der Waals surface area contributed by atoms with E-state index in [2.05, 4.69) is 32.7 Å². The van der Waals surface area contributed by atoms with E-state index >= 15 is 0 Å². The molecule has 2 aromatic heterocycles. The molecule has 18 heavy (non-hydrogen) atoms. The predicted molar refractivity (Wildman–Crippen MR) is 70.1 cm³/mol. The number of anilines is 1. The van der Waals surface area contributed by atoms with Gasteiger partial charge in [0.15, 0.2) is 0 Å². The summed E-state index contributed by atoms with van der Waals surface area (Å²) in [5, 5.41) is 12.4. The lowest BCUT2D eigenvalue weighted by atomic mass is 10.2. The van der Waals surface area contributed by atoms with Crippen LogP contribution in [0.5, 0.6) is 0 Å². The zero-order valence-electron chi connectivity index (χ0n) is 10.0. The maximum Gasteiger partial charge on any atom is 0.102 e. The molecule has 2 heterocycles. The Hall–Kier alpha value is -2.43. The number of pyridine rings is 1. The number of hydrogen-bond donors (Lipinski definition) is 1. The SMILES string of the molecule is Cn1cc(CNc2ccc3ncccc3c2)nn1. The van der Waals surface area contributed by atoms with Crippen molar-refractivity contribution in [2.24, 2.45) is 7.05 Å². The molecule has 0 aliphatic rings. The van der Waals surface area contributed by atoms with Crippen molar-refractivity contribution in [1.82, 2.24) is 20.0 Å². The first-order valence-corrected chi connectivity index (χ1v) is 5.75. The average Bonchev–Trinajstić information content (AvgIpc) is 2.82. The zero-order valence-corrected chi connectivity index (χ0v) is 10.0. The number of benzene rings is 1. The molecule has 0 spiro atoms. The van der Waals surface area contributed by atoms with Crippen molar-refractivity contribution < 1.29 is 0 Å². The number of nitrogens with one attached hydrogen (secondary N) is 1. The van der Waals surface area contributed by atoms with Crippen molar-refractivity contribution in [2.75, 3.05) is 5.32 Å². The fourth-order valence-corrected chi connectivity index (χ4v) is 1.85. The third-order valence-electron chi connectivity index (χ3n) is 2.73. The number of aromatic nitrogens is 4. The molecule has 1 aromatic carbocycles. The second-order valence-electron chi connectivity index (χ2n) is 4.15. The molecule has 0 aliphatic carbocycles. The Morgan fingerprint density at radius 2 is 2.22 bits per heavy atom. The van der Waals surface area contributed by atoms with Crippen LogP contribution in [0.4, 0.5) is 5.69 Å². The number of nitrogens with zero attached hydrogens (tertiary/aromatic N) is 4. The second-order valence-corrected chi connectivity index (χ2v) is 4.15. The summed E-state index contributed by atoms with van der Waals surface area (Å²) >= 11 is 0. The van der Waals surface area contributed by atoms with Gasteiger partial charge in [-0.15, -0.1) is 5.10 Å². The summed E-state index contributed by atoms with van der Waals surface area (Å²) in [4.78, 5) is 4.29. The highest BCUT2D eigenvalue weighted by Crippen LogP contribution is 2.17. The lowest BCUT2D eigenvalue weighted by Crippen LogP contribution is -1.99. The third-order valence-corrected chi connectivity index (χ3v) is 2.73. The van der Waals surface area contributed by atoms with Crippen molar-refractivity contribution in [3.05, 3.63) is 48.4 Å². The maximum atomic E-state index is 4.29. The number of rotatable bonds is 3. The van der Waals surface area contributed by atoms with Gasteiger partial charge in [-0.2, -0.15) is 0 Å². The van der Waals surface area contributed by atoms with E-state index in [9.17, 15) is 0 Å². The molecular formula is C13H13N5. The van der Waals surface area contributed by atoms with Crippen LogP contribution in [0.2, 0.25) is 0 Å². The summed E-state index contributed by atoms with van der Waals surface area (Å²) in [7, 11) is 1.86.